The van der Waals surface area contributed by atoms with Gasteiger partial charge in [0.1, 0.15) is 46.1 Å². The topological polar surface area (TPSA) is 197 Å². The van der Waals surface area contributed by atoms with E-state index in [9.17, 15) is 30.3 Å². The average molecular weight is 858 g/mol. The van der Waals surface area contributed by atoms with Gasteiger partial charge in [-0.2, -0.15) is 0 Å². The first-order valence-electron chi connectivity index (χ1n) is 20.6. The number of imidazole rings is 2. The molecule has 1 amide bonds. The van der Waals surface area contributed by atoms with Crippen LogP contribution in [0.3, 0.4) is 0 Å². The maximum atomic E-state index is 11.7. The number of aromatic hydroxyl groups is 5. The van der Waals surface area contributed by atoms with Crippen molar-refractivity contribution in [3.63, 3.8) is 0 Å². The molecule has 8 aromatic rings. The van der Waals surface area contributed by atoms with Gasteiger partial charge in [-0.1, -0.05) is 6.07 Å². The van der Waals surface area contributed by atoms with Crippen LogP contribution in [-0.4, -0.2) is 58.6 Å². The number of phenolic OH excluding ortho intramolecular Hbond substituents is 5. The summed E-state index contributed by atoms with van der Waals surface area (Å²) in [5.74, 6) is 2.81. The predicted octanol–water partition coefficient (Wildman–Crippen LogP) is 11.5. The van der Waals surface area contributed by atoms with E-state index in [1.54, 1.807) is 36.4 Å². The van der Waals surface area contributed by atoms with Gasteiger partial charge in [0.25, 0.3) is 0 Å². The number of aryl methyl sites for hydroxylation is 8. The molecule has 0 atom stereocenters. The molecule has 12 heteroatoms. The Morgan fingerprint density at radius 1 is 0.484 bits per heavy atom. The van der Waals surface area contributed by atoms with E-state index >= 15 is 0 Å². The van der Waals surface area contributed by atoms with Gasteiger partial charge >= 0.3 is 6.09 Å². The van der Waals surface area contributed by atoms with E-state index in [4.69, 9.17) is 14.7 Å². The summed E-state index contributed by atoms with van der Waals surface area (Å²) in [5, 5.41) is 53.1. The molecule has 0 radical (unpaired) electrons. The van der Waals surface area contributed by atoms with Crippen LogP contribution in [0.2, 0.25) is 0 Å². The largest absolute Gasteiger partial charge is 0.508 e. The molecular formula is C52H51N5O7. The Morgan fingerprint density at radius 3 is 1.44 bits per heavy atom. The quantitative estimate of drug-likeness (QED) is 0.0769. The fourth-order valence-electron chi connectivity index (χ4n) is 7.82. The lowest BCUT2D eigenvalue weighted by molar-refractivity contribution is 0.202. The van der Waals surface area contributed by atoms with Crippen LogP contribution >= 0.6 is 0 Å². The van der Waals surface area contributed by atoms with Crippen molar-refractivity contribution in [3.8, 4) is 102 Å². The normalized spacial score (nSPS) is 11.0. The van der Waals surface area contributed by atoms with Crippen molar-refractivity contribution in [2.24, 2.45) is 0 Å². The molecule has 0 aliphatic rings. The summed E-state index contributed by atoms with van der Waals surface area (Å²) >= 11 is 0. The van der Waals surface area contributed by atoms with Crippen molar-refractivity contribution in [3.05, 3.63) is 142 Å². The van der Waals surface area contributed by atoms with E-state index in [0.717, 1.165) is 83.7 Å². The fraction of sp³-hybridized carbons (Fsp3) is 0.173. The van der Waals surface area contributed by atoms with Crippen LogP contribution in [0.15, 0.2) is 97.1 Å². The summed E-state index contributed by atoms with van der Waals surface area (Å²) < 4.78 is 5.38. The van der Waals surface area contributed by atoms with Crippen molar-refractivity contribution in [1.29, 1.82) is 0 Å². The van der Waals surface area contributed by atoms with Crippen LogP contribution in [0.4, 0.5) is 4.79 Å². The summed E-state index contributed by atoms with van der Waals surface area (Å²) in [6.45, 7) is 15.1. The van der Waals surface area contributed by atoms with E-state index < -0.39 is 6.09 Å². The highest BCUT2D eigenvalue weighted by molar-refractivity contribution is 5.85. The Morgan fingerprint density at radius 2 is 0.906 bits per heavy atom. The van der Waals surface area contributed by atoms with E-state index in [1.165, 1.54) is 7.05 Å². The van der Waals surface area contributed by atoms with Gasteiger partial charge in [-0.3, -0.25) is 0 Å². The number of nitrogens with one attached hydrogen (secondary N) is 3. The lowest BCUT2D eigenvalue weighted by Crippen LogP contribution is -2.22. The highest BCUT2D eigenvalue weighted by atomic mass is 16.6. The van der Waals surface area contributed by atoms with Gasteiger partial charge in [-0.05, 0) is 191 Å². The number of hydrogen-bond donors (Lipinski definition) is 8. The Balaban J connectivity index is 0.000000191. The van der Waals surface area contributed by atoms with Crippen molar-refractivity contribution >= 4 is 6.09 Å². The summed E-state index contributed by atoms with van der Waals surface area (Å²) in [6.07, 6.45) is -0.522. The van der Waals surface area contributed by atoms with E-state index in [2.05, 4.69) is 15.3 Å². The van der Waals surface area contributed by atoms with Gasteiger partial charge in [0.15, 0.2) is 0 Å². The van der Waals surface area contributed by atoms with Gasteiger partial charge in [-0.25, -0.2) is 14.8 Å². The SMILES string of the molecule is CNC(=O)Oc1c(C)cc(-c2nc(-c3ccc(O)cc3)c(-c3ccc(O)cc3)[nH]2)cc1C.Cc1cc(C)c(O)c(-c2nc(-c3cc(C)c(O)c(C)c3)c(-c3cc(C)c(O)c(C)c3)[nH]2)c1. The Bertz CT molecular complexity index is 2850. The van der Waals surface area contributed by atoms with Crippen molar-refractivity contribution in [2.75, 3.05) is 7.05 Å². The monoisotopic (exact) mass is 857 g/mol. The molecule has 0 fully saturated rings. The van der Waals surface area contributed by atoms with E-state index in [1.807, 2.05) is 116 Å². The lowest BCUT2D eigenvalue weighted by atomic mass is 9.98. The zero-order valence-corrected chi connectivity index (χ0v) is 37.2. The number of H-pyrrole nitrogens is 2. The smallest absolute Gasteiger partial charge is 0.412 e. The molecule has 2 heterocycles. The minimum Gasteiger partial charge on any atom is -0.508 e. The highest BCUT2D eigenvalue weighted by Gasteiger charge is 2.22. The molecule has 2 aromatic heterocycles. The van der Waals surface area contributed by atoms with Crippen molar-refractivity contribution in [2.45, 2.75) is 55.4 Å². The molecule has 64 heavy (non-hydrogen) atoms. The second-order valence-corrected chi connectivity index (χ2v) is 16.2. The summed E-state index contributed by atoms with van der Waals surface area (Å²) in [7, 11) is 1.51. The molecule has 8 rings (SSSR count). The number of benzene rings is 6. The number of aromatic amines is 2. The molecule has 0 saturated heterocycles. The minimum atomic E-state index is -0.522. The predicted molar refractivity (Wildman–Crippen MR) is 251 cm³/mol. The number of aromatic nitrogens is 4. The second-order valence-electron chi connectivity index (χ2n) is 16.2. The fourth-order valence-corrected chi connectivity index (χ4v) is 7.82. The molecular weight excluding hydrogens is 807 g/mol. The van der Waals surface area contributed by atoms with Crippen LogP contribution < -0.4 is 10.1 Å². The zero-order valence-electron chi connectivity index (χ0n) is 37.2. The molecule has 6 aromatic carbocycles. The van der Waals surface area contributed by atoms with Gasteiger partial charge in [0.2, 0.25) is 0 Å². The molecule has 0 bridgehead atoms. The third-order valence-corrected chi connectivity index (χ3v) is 11.1. The number of amides is 1. The van der Waals surface area contributed by atoms with Crippen LogP contribution in [-0.2, 0) is 0 Å². The number of nitrogens with zero attached hydrogens (tertiary/aromatic N) is 2. The molecule has 0 aliphatic carbocycles. The third-order valence-electron chi connectivity index (χ3n) is 11.1. The zero-order chi connectivity index (χ0) is 46.1. The maximum Gasteiger partial charge on any atom is 0.412 e. The summed E-state index contributed by atoms with van der Waals surface area (Å²) in [5.41, 5.74) is 14.4. The number of ether oxygens (including phenoxy) is 1. The molecule has 12 nitrogen and oxygen atoms in total. The second kappa shape index (κ2) is 17.8. The summed E-state index contributed by atoms with van der Waals surface area (Å²) in [4.78, 5) is 28.2. The Kier molecular flexibility index (Phi) is 12.2. The van der Waals surface area contributed by atoms with Crippen LogP contribution in [0, 0.1) is 55.4 Å². The molecule has 8 N–H and O–H groups in total. The van der Waals surface area contributed by atoms with Gasteiger partial charge in [0.05, 0.1) is 28.3 Å². The van der Waals surface area contributed by atoms with E-state index in [-0.39, 0.29) is 28.7 Å². The Hall–Kier alpha value is -7.99. The van der Waals surface area contributed by atoms with E-state index in [0.29, 0.717) is 34.3 Å². The Labute approximate surface area is 371 Å². The number of carbonyl (C=O) groups excluding carboxylic acids is 1. The first-order valence-corrected chi connectivity index (χ1v) is 20.6. The number of hydrogen-bond acceptors (Lipinski definition) is 9. The number of phenols is 5. The highest BCUT2D eigenvalue weighted by Crippen LogP contribution is 2.41. The molecule has 0 saturated carbocycles. The first-order chi connectivity index (χ1) is 30.4. The molecule has 0 aliphatic heterocycles. The minimum absolute atomic E-state index is 0.175. The third kappa shape index (κ3) is 8.98. The van der Waals surface area contributed by atoms with Crippen molar-refractivity contribution < 1.29 is 35.1 Å². The van der Waals surface area contributed by atoms with Crippen LogP contribution in [0.1, 0.15) is 44.5 Å². The number of carbonyl (C=O) groups is 1. The summed E-state index contributed by atoms with van der Waals surface area (Å²) in [6, 6.07) is 29.0. The van der Waals surface area contributed by atoms with Crippen LogP contribution in [0.5, 0.6) is 34.5 Å². The average Bonchev–Trinajstić information content (AvgIpc) is 3.91. The molecule has 0 spiro atoms. The molecule has 326 valence electrons. The maximum absolute atomic E-state index is 11.7. The first kappa shape index (κ1) is 44.1. The number of rotatable bonds is 7. The van der Waals surface area contributed by atoms with Gasteiger partial charge in [0, 0.05) is 34.9 Å². The lowest BCUT2D eigenvalue weighted by Gasteiger charge is -2.11. The van der Waals surface area contributed by atoms with Crippen molar-refractivity contribution in [1.82, 2.24) is 25.3 Å². The van der Waals surface area contributed by atoms with Gasteiger partial charge in [-0.15, -0.1) is 0 Å². The molecule has 0 unspecified atom stereocenters. The van der Waals surface area contributed by atoms with Gasteiger partial charge < -0.3 is 45.6 Å². The standard InChI is InChI=1S/C27H28N2O3.C25H23N3O4/c1-13-7-14(2)26(32)21(8-13)27-28-22(19-9-15(3)24(30)16(4)10-19)23(29-27)20-11-17(5)25(31)18(6)12-20;1-14-12-18(13-15(2)23(14)32-25(31)26-3)24-27-21(16-4-8-19(29)9-5-16)22(28-24)17-6-10-20(30)11-7-17/h7-12,30-32H,1-6H3,(H,28,29);4-13,29-30H,1-3H3,(H,26,31)(H,27,28). The van der Waals surface area contributed by atoms with Crippen LogP contribution in [0.25, 0.3) is 67.8 Å².